The van der Waals surface area contributed by atoms with E-state index in [0.29, 0.717) is 11.5 Å². The molecule has 1 N–H and O–H groups in total. The van der Waals surface area contributed by atoms with E-state index in [1.807, 2.05) is 25.1 Å². The van der Waals surface area contributed by atoms with Gasteiger partial charge in [0.25, 0.3) is 0 Å². The van der Waals surface area contributed by atoms with Gasteiger partial charge in [-0.05, 0) is 30.7 Å². The summed E-state index contributed by atoms with van der Waals surface area (Å²) in [6.45, 7) is 2.28. The molecule has 100 valence electrons. The van der Waals surface area contributed by atoms with Crippen molar-refractivity contribution in [2.75, 3.05) is 5.32 Å². The largest absolute Gasteiger partial charge is 0.364 e. The van der Waals surface area contributed by atoms with Gasteiger partial charge in [-0.1, -0.05) is 12.1 Å². The van der Waals surface area contributed by atoms with Crippen LogP contribution in [-0.4, -0.2) is 15.0 Å². The molecule has 0 radical (unpaired) electrons. The zero-order valence-corrected chi connectivity index (χ0v) is 11.0. The minimum Gasteiger partial charge on any atom is -0.364 e. The summed E-state index contributed by atoms with van der Waals surface area (Å²) in [6.07, 6.45) is 3.07. The van der Waals surface area contributed by atoms with Crippen LogP contribution in [0.25, 0.3) is 10.9 Å². The van der Waals surface area contributed by atoms with Gasteiger partial charge in [0.2, 0.25) is 0 Å². The summed E-state index contributed by atoms with van der Waals surface area (Å²) in [5.41, 5.74) is 2.31. The fourth-order valence-corrected chi connectivity index (χ4v) is 2.13. The van der Waals surface area contributed by atoms with E-state index in [4.69, 9.17) is 0 Å². The summed E-state index contributed by atoms with van der Waals surface area (Å²) in [5.74, 6) is 0.369. The highest BCUT2D eigenvalue weighted by Crippen LogP contribution is 2.23. The number of nitrogens with zero attached hydrogens (tertiary/aromatic N) is 3. The van der Waals surface area contributed by atoms with E-state index in [-0.39, 0.29) is 12.4 Å². The average Bonchev–Trinajstić information content (AvgIpc) is 2.46. The second-order valence-electron chi connectivity index (χ2n) is 4.48. The van der Waals surface area contributed by atoms with Crippen LogP contribution < -0.4 is 5.32 Å². The van der Waals surface area contributed by atoms with E-state index in [1.54, 1.807) is 12.3 Å². The minimum atomic E-state index is -0.324. The van der Waals surface area contributed by atoms with Crippen LogP contribution in [0.2, 0.25) is 0 Å². The lowest BCUT2D eigenvalue weighted by Crippen LogP contribution is -2.06. The number of nitrogens with one attached hydrogen (secondary N) is 1. The third-order valence-electron chi connectivity index (χ3n) is 3.13. The Balaban J connectivity index is 1.94. The van der Waals surface area contributed by atoms with Crippen molar-refractivity contribution in [3.8, 4) is 0 Å². The SMILES string of the molecule is Cc1cccc2ncnc(NCc3ncccc3F)c12. The standard InChI is InChI=1S/C15H13FN4/c1-10-4-2-6-12-14(10)15(20-9-19-12)18-8-13-11(16)5-3-7-17-13/h2-7,9H,8H2,1H3,(H,18,19,20). The van der Waals surface area contributed by atoms with Gasteiger partial charge in [-0.3, -0.25) is 4.98 Å². The number of aromatic nitrogens is 3. The number of halogens is 1. The fourth-order valence-electron chi connectivity index (χ4n) is 2.13. The quantitative estimate of drug-likeness (QED) is 0.793. The molecule has 0 unspecified atom stereocenters. The van der Waals surface area contributed by atoms with Gasteiger partial charge in [0.1, 0.15) is 18.0 Å². The Kier molecular flexibility index (Phi) is 3.25. The van der Waals surface area contributed by atoms with Crippen LogP contribution in [0.3, 0.4) is 0 Å². The molecule has 2 aromatic heterocycles. The van der Waals surface area contributed by atoms with Gasteiger partial charge in [-0.25, -0.2) is 14.4 Å². The van der Waals surface area contributed by atoms with E-state index in [2.05, 4.69) is 20.3 Å². The molecule has 0 atom stereocenters. The third kappa shape index (κ3) is 2.30. The summed E-state index contributed by atoms with van der Waals surface area (Å²) >= 11 is 0. The van der Waals surface area contributed by atoms with Crippen LogP contribution in [-0.2, 0) is 6.54 Å². The Labute approximate surface area is 115 Å². The average molecular weight is 268 g/mol. The molecule has 0 fully saturated rings. The fraction of sp³-hybridized carbons (Fsp3) is 0.133. The highest BCUT2D eigenvalue weighted by Gasteiger charge is 2.07. The minimum absolute atomic E-state index is 0.285. The zero-order chi connectivity index (χ0) is 13.9. The van der Waals surface area contributed by atoms with Gasteiger partial charge in [0.05, 0.1) is 17.8 Å². The van der Waals surface area contributed by atoms with Crippen molar-refractivity contribution in [3.05, 3.63) is 59.9 Å². The predicted molar refractivity (Wildman–Crippen MR) is 75.8 cm³/mol. The predicted octanol–water partition coefficient (Wildman–Crippen LogP) is 3.08. The van der Waals surface area contributed by atoms with Crippen LogP contribution >= 0.6 is 0 Å². The van der Waals surface area contributed by atoms with E-state index in [1.165, 1.54) is 12.4 Å². The van der Waals surface area contributed by atoms with Crippen molar-refractivity contribution in [1.82, 2.24) is 15.0 Å². The maximum Gasteiger partial charge on any atom is 0.146 e. The molecule has 2 heterocycles. The van der Waals surface area contributed by atoms with Crippen LogP contribution in [0.5, 0.6) is 0 Å². The van der Waals surface area contributed by atoms with E-state index >= 15 is 0 Å². The molecule has 0 saturated heterocycles. The third-order valence-corrected chi connectivity index (χ3v) is 3.13. The molecule has 3 aromatic rings. The van der Waals surface area contributed by atoms with Crippen molar-refractivity contribution in [2.24, 2.45) is 0 Å². The molecule has 0 spiro atoms. The van der Waals surface area contributed by atoms with Gasteiger partial charge < -0.3 is 5.32 Å². The van der Waals surface area contributed by atoms with Crippen molar-refractivity contribution in [1.29, 1.82) is 0 Å². The molecule has 3 rings (SSSR count). The highest BCUT2D eigenvalue weighted by molar-refractivity contribution is 5.91. The molecule has 1 aromatic carbocycles. The summed E-state index contributed by atoms with van der Waals surface area (Å²) < 4.78 is 13.6. The number of anilines is 1. The normalized spacial score (nSPS) is 10.7. The zero-order valence-electron chi connectivity index (χ0n) is 11.0. The van der Waals surface area contributed by atoms with Gasteiger partial charge in [0, 0.05) is 11.6 Å². The van der Waals surface area contributed by atoms with Crippen LogP contribution in [0.4, 0.5) is 10.2 Å². The summed E-state index contributed by atoms with van der Waals surface area (Å²) in [4.78, 5) is 12.5. The Bertz CT molecular complexity index is 752. The van der Waals surface area contributed by atoms with Crippen molar-refractivity contribution >= 4 is 16.7 Å². The number of pyridine rings is 1. The Hall–Kier alpha value is -2.56. The lowest BCUT2D eigenvalue weighted by atomic mass is 10.1. The number of rotatable bonds is 3. The molecule has 5 heteroatoms. The highest BCUT2D eigenvalue weighted by atomic mass is 19.1. The number of hydrogen-bond acceptors (Lipinski definition) is 4. The molecular weight excluding hydrogens is 255 g/mol. The Morgan fingerprint density at radius 1 is 1.10 bits per heavy atom. The summed E-state index contributed by atoms with van der Waals surface area (Å²) in [5, 5.41) is 4.08. The first kappa shape index (κ1) is 12.5. The molecule has 0 aliphatic heterocycles. The lowest BCUT2D eigenvalue weighted by Gasteiger charge is -2.10. The first-order chi connectivity index (χ1) is 9.75. The first-order valence-corrected chi connectivity index (χ1v) is 6.29. The number of benzene rings is 1. The van der Waals surface area contributed by atoms with Gasteiger partial charge in [-0.15, -0.1) is 0 Å². The maximum absolute atomic E-state index is 13.6. The molecule has 0 aliphatic carbocycles. The number of aryl methyl sites for hydroxylation is 1. The monoisotopic (exact) mass is 268 g/mol. The van der Waals surface area contributed by atoms with Crippen LogP contribution in [0, 0.1) is 12.7 Å². The van der Waals surface area contributed by atoms with Gasteiger partial charge >= 0.3 is 0 Å². The van der Waals surface area contributed by atoms with Crippen LogP contribution in [0.1, 0.15) is 11.3 Å². The van der Waals surface area contributed by atoms with Crippen molar-refractivity contribution in [3.63, 3.8) is 0 Å². The molecule has 0 amide bonds. The van der Waals surface area contributed by atoms with E-state index < -0.39 is 0 Å². The smallest absolute Gasteiger partial charge is 0.146 e. The molecular formula is C15H13FN4. The first-order valence-electron chi connectivity index (χ1n) is 6.29. The second-order valence-corrected chi connectivity index (χ2v) is 4.48. The molecule has 0 aliphatic rings. The topological polar surface area (TPSA) is 50.7 Å². The van der Waals surface area contributed by atoms with Gasteiger partial charge in [0.15, 0.2) is 0 Å². The van der Waals surface area contributed by atoms with Crippen LogP contribution in [0.15, 0.2) is 42.9 Å². The van der Waals surface area contributed by atoms with E-state index in [9.17, 15) is 4.39 Å². The molecule has 20 heavy (non-hydrogen) atoms. The maximum atomic E-state index is 13.6. The number of hydrogen-bond donors (Lipinski definition) is 1. The lowest BCUT2D eigenvalue weighted by molar-refractivity contribution is 0.602. The second kappa shape index (κ2) is 5.21. The number of fused-ring (bicyclic) bond motifs is 1. The van der Waals surface area contributed by atoms with Gasteiger partial charge in [-0.2, -0.15) is 0 Å². The molecule has 0 saturated carbocycles. The molecule has 0 bridgehead atoms. The summed E-state index contributed by atoms with van der Waals surface area (Å²) in [7, 11) is 0. The molecule has 4 nitrogen and oxygen atoms in total. The Morgan fingerprint density at radius 2 is 2.00 bits per heavy atom. The van der Waals surface area contributed by atoms with Crippen molar-refractivity contribution in [2.45, 2.75) is 13.5 Å². The Morgan fingerprint density at radius 3 is 2.85 bits per heavy atom. The summed E-state index contributed by atoms with van der Waals surface area (Å²) in [6, 6.07) is 8.85. The van der Waals surface area contributed by atoms with Crippen molar-refractivity contribution < 1.29 is 4.39 Å². The van der Waals surface area contributed by atoms with E-state index in [0.717, 1.165) is 16.5 Å².